The molecule has 0 saturated carbocycles. The van der Waals surface area contributed by atoms with Crippen LogP contribution in [-0.2, 0) is 9.47 Å². The molecule has 0 spiro atoms. The molecule has 0 radical (unpaired) electrons. The number of aliphatic imine (C=N–C) groups is 1. The Morgan fingerprint density at radius 2 is 2.04 bits per heavy atom. The van der Waals surface area contributed by atoms with Crippen LogP contribution in [0.25, 0.3) is 0 Å². The number of rotatable bonds is 10. The van der Waals surface area contributed by atoms with E-state index in [9.17, 15) is 13.2 Å². The molecule has 0 aromatic carbocycles. The maximum atomic E-state index is 12.4. The number of unbranched alkanes of at least 4 members (excludes halogenated alkanes) is 1. The Hall–Kier alpha value is -1.06. The summed E-state index contributed by atoms with van der Waals surface area (Å²) in [6.45, 7) is 2.62. The molecule has 1 fully saturated rings. The first-order valence-corrected chi connectivity index (χ1v) is 8.27. The summed E-state index contributed by atoms with van der Waals surface area (Å²) in [6.07, 6.45) is -1.60. The van der Waals surface area contributed by atoms with E-state index in [0.29, 0.717) is 45.3 Å². The minimum absolute atomic E-state index is 0.00377. The van der Waals surface area contributed by atoms with Crippen LogP contribution in [0, 0.1) is 0 Å². The molecule has 142 valence electrons. The molecule has 0 aromatic rings. The fourth-order valence-corrected chi connectivity index (χ4v) is 2.52. The largest absolute Gasteiger partial charge is 0.401 e. The van der Waals surface area contributed by atoms with Crippen molar-refractivity contribution >= 4 is 5.96 Å². The molecule has 0 amide bonds. The summed E-state index contributed by atoms with van der Waals surface area (Å²) >= 11 is 0. The number of guanidine groups is 1. The summed E-state index contributed by atoms with van der Waals surface area (Å²) in [4.78, 5) is 5.53. The van der Waals surface area contributed by atoms with E-state index in [2.05, 4.69) is 15.6 Å². The average molecular weight is 354 g/mol. The van der Waals surface area contributed by atoms with Crippen molar-refractivity contribution in [2.75, 3.05) is 60.2 Å². The van der Waals surface area contributed by atoms with Gasteiger partial charge in [0, 0.05) is 46.4 Å². The van der Waals surface area contributed by atoms with Crippen LogP contribution in [-0.4, -0.2) is 83.2 Å². The zero-order chi connectivity index (χ0) is 17.8. The number of likely N-dealkylation sites (tertiary alicyclic amines) is 1. The van der Waals surface area contributed by atoms with Gasteiger partial charge in [0.05, 0.1) is 19.8 Å². The Balaban J connectivity index is 2.11. The number of ether oxygens (including phenoxy) is 2. The van der Waals surface area contributed by atoms with Gasteiger partial charge in [0.15, 0.2) is 5.96 Å². The van der Waals surface area contributed by atoms with Crippen molar-refractivity contribution in [1.82, 2.24) is 15.5 Å². The summed E-state index contributed by atoms with van der Waals surface area (Å²) in [5, 5.41) is 6.36. The number of nitrogens with one attached hydrogen (secondary N) is 2. The molecule has 1 aliphatic rings. The highest BCUT2D eigenvalue weighted by Crippen LogP contribution is 2.19. The van der Waals surface area contributed by atoms with Gasteiger partial charge in [-0.05, 0) is 19.3 Å². The molecular formula is C15H29F3N4O2. The smallest absolute Gasteiger partial charge is 0.382 e. The Labute approximate surface area is 141 Å². The lowest BCUT2D eigenvalue weighted by molar-refractivity contribution is -0.143. The van der Waals surface area contributed by atoms with Crippen LogP contribution >= 0.6 is 0 Å². The number of hydrogen-bond donors (Lipinski definition) is 2. The first-order chi connectivity index (χ1) is 11.4. The third kappa shape index (κ3) is 9.94. The molecule has 24 heavy (non-hydrogen) atoms. The number of methoxy groups -OCH3 is 1. The fourth-order valence-electron chi connectivity index (χ4n) is 2.52. The molecule has 1 aliphatic heterocycles. The maximum absolute atomic E-state index is 12.4. The Kier molecular flexibility index (Phi) is 10.0. The van der Waals surface area contributed by atoms with Crippen LogP contribution < -0.4 is 10.6 Å². The summed E-state index contributed by atoms with van der Waals surface area (Å²) in [5.41, 5.74) is 0. The van der Waals surface area contributed by atoms with Crippen LogP contribution in [0.5, 0.6) is 0 Å². The van der Waals surface area contributed by atoms with Crippen LogP contribution in [0.15, 0.2) is 4.99 Å². The summed E-state index contributed by atoms with van der Waals surface area (Å²) in [7, 11) is 3.30. The van der Waals surface area contributed by atoms with Crippen molar-refractivity contribution < 1.29 is 22.6 Å². The van der Waals surface area contributed by atoms with Gasteiger partial charge in [-0.3, -0.25) is 9.89 Å². The standard InChI is InChI=1S/C15H29F3N4O2/c1-19-14(20-6-3-4-8-24-10-9-23-2)21-13-5-7-22(11-13)12-15(16,17)18/h13H,3-12H2,1-2H3,(H2,19,20,21). The van der Waals surface area contributed by atoms with E-state index in [-0.39, 0.29) is 6.04 Å². The lowest BCUT2D eigenvalue weighted by atomic mass is 10.3. The highest BCUT2D eigenvalue weighted by molar-refractivity contribution is 5.79. The van der Waals surface area contributed by atoms with Crippen LogP contribution in [0.3, 0.4) is 0 Å². The first kappa shape index (κ1) is 21.0. The number of alkyl halides is 3. The van der Waals surface area contributed by atoms with Crippen molar-refractivity contribution in [2.24, 2.45) is 4.99 Å². The van der Waals surface area contributed by atoms with Crippen molar-refractivity contribution in [1.29, 1.82) is 0 Å². The lowest BCUT2D eigenvalue weighted by Crippen LogP contribution is -2.45. The zero-order valence-electron chi connectivity index (χ0n) is 14.5. The molecule has 1 heterocycles. The molecule has 1 rings (SSSR count). The van der Waals surface area contributed by atoms with Crippen LogP contribution in [0.2, 0.25) is 0 Å². The van der Waals surface area contributed by atoms with Crippen molar-refractivity contribution in [3.05, 3.63) is 0 Å². The number of halogens is 3. The Bertz CT molecular complexity index is 367. The monoisotopic (exact) mass is 354 g/mol. The van der Waals surface area contributed by atoms with E-state index in [1.807, 2.05) is 0 Å². The predicted molar refractivity (Wildman–Crippen MR) is 87.3 cm³/mol. The topological polar surface area (TPSA) is 58.1 Å². The summed E-state index contributed by atoms with van der Waals surface area (Å²) in [6, 6.07) is -0.00377. The zero-order valence-corrected chi connectivity index (χ0v) is 14.5. The van der Waals surface area contributed by atoms with Crippen molar-refractivity contribution in [2.45, 2.75) is 31.5 Å². The molecule has 1 unspecified atom stereocenters. The van der Waals surface area contributed by atoms with Gasteiger partial charge in [0.1, 0.15) is 0 Å². The summed E-state index contributed by atoms with van der Waals surface area (Å²) in [5.74, 6) is 0.633. The number of hydrogen-bond acceptors (Lipinski definition) is 4. The van der Waals surface area contributed by atoms with Gasteiger partial charge in [-0.15, -0.1) is 0 Å². The third-order valence-corrected chi connectivity index (χ3v) is 3.68. The molecule has 2 N–H and O–H groups in total. The first-order valence-electron chi connectivity index (χ1n) is 8.27. The Morgan fingerprint density at radius 3 is 2.71 bits per heavy atom. The highest BCUT2D eigenvalue weighted by Gasteiger charge is 2.34. The molecule has 0 aliphatic carbocycles. The maximum Gasteiger partial charge on any atom is 0.401 e. The van der Waals surface area contributed by atoms with Crippen LogP contribution in [0.1, 0.15) is 19.3 Å². The van der Waals surface area contributed by atoms with E-state index >= 15 is 0 Å². The van der Waals surface area contributed by atoms with Gasteiger partial charge in [-0.2, -0.15) is 13.2 Å². The van der Waals surface area contributed by atoms with E-state index in [0.717, 1.165) is 19.4 Å². The quantitative estimate of drug-likeness (QED) is 0.351. The van der Waals surface area contributed by atoms with Gasteiger partial charge in [-0.1, -0.05) is 0 Å². The van der Waals surface area contributed by atoms with Gasteiger partial charge in [0.2, 0.25) is 0 Å². The molecule has 1 saturated heterocycles. The second-order valence-electron chi connectivity index (χ2n) is 5.79. The van der Waals surface area contributed by atoms with Crippen molar-refractivity contribution in [3.8, 4) is 0 Å². The Morgan fingerprint density at radius 1 is 1.25 bits per heavy atom. The van der Waals surface area contributed by atoms with E-state index in [4.69, 9.17) is 9.47 Å². The molecule has 0 aromatic heterocycles. The molecule has 6 nitrogen and oxygen atoms in total. The highest BCUT2D eigenvalue weighted by atomic mass is 19.4. The molecule has 0 bridgehead atoms. The van der Waals surface area contributed by atoms with E-state index in [1.54, 1.807) is 14.2 Å². The lowest BCUT2D eigenvalue weighted by Gasteiger charge is -2.19. The molecular weight excluding hydrogens is 325 g/mol. The molecule has 9 heteroatoms. The molecule has 1 atom stereocenters. The average Bonchev–Trinajstić information content (AvgIpc) is 2.93. The van der Waals surface area contributed by atoms with Gasteiger partial charge >= 0.3 is 6.18 Å². The second-order valence-corrected chi connectivity index (χ2v) is 5.79. The number of nitrogens with zero attached hydrogens (tertiary/aromatic N) is 2. The minimum Gasteiger partial charge on any atom is -0.382 e. The van der Waals surface area contributed by atoms with Crippen molar-refractivity contribution in [3.63, 3.8) is 0 Å². The summed E-state index contributed by atoms with van der Waals surface area (Å²) < 4.78 is 47.4. The fraction of sp³-hybridized carbons (Fsp3) is 0.933. The minimum atomic E-state index is -4.14. The SMILES string of the molecule is CN=C(NCCCCOCCOC)NC1CCN(CC(F)(F)F)C1. The van der Waals surface area contributed by atoms with Gasteiger partial charge in [-0.25, -0.2) is 0 Å². The van der Waals surface area contributed by atoms with E-state index in [1.165, 1.54) is 4.90 Å². The van der Waals surface area contributed by atoms with Gasteiger partial charge in [0.25, 0.3) is 0 Å². The van der Waals surface area contributed by atoms with Crippen LogP contribution in [0.4, 0.5) is 13.2 Å². The second kappa shape index (κ2) is 11.5. The van der Waals surface area contributed by atoms with Gasteiger partial charge < -0.3 is 20.1 Å². The van der Waals surface area contributed by atoms with E-state index < -0.39 is 12.7 Å². The predicted octanol–water partition coefficient (Wildman–Crippen LogP) is 1.23. The normalized spacial score (nSPS) is 19.7. The third-order valence-electron chi connectivity index (χ3n) is 3.68.